The maximum absolute atomic E-state index is 9.96. The largest absolute Gasteiger partial charge is 0.491 e. The van der Waals surface area contributed by atoms with Gasteiger partial charge in [0.05, 0.1) is 6.10 Å². The van der Waals surface area contributed by atoms with Crippen molar-refractivity contribution in [2.45, 2.75) is 25.1 Å². The second-order valence-corrected chi connectivity index (χ2v) is 5.85. The van der Waals surface area contributed by atoms with Crippen LogP contribution in [-0.4, -0.2) is 33.1 Å². The second kappa shape index (κ2) is 6.81. The summed E-state index contributed by atoms with van der Waals surface area (Å²) in [5, 5.41) is 10.9. The van der Waals surface area contributed by atoms with Gasteiger partial charge in [0.2, 0.25) is 0 Å². The number of ether oxygens (including phenoxy) is 1. The maximum atomic E-state index is 9.96. The molecule has 2 aromatic rings. The third kappa shape index (κ3) is 4.02. The van der Waals surface area contributed by atoms with Crippen LogP contribution in [0.4, 0.5) is 0 Å². The molecule has 0 spiro atoms. The Hall–Kier alpha value is -1.46. The van der Waals surface area contributed by atoms with Gasteiger partial charge in [0.25, 0.3) is 0 Å². The van der Waals surface area contributed by atoms with Crippen LogP contribution in [0.5, 0.6) is 5.75 Å². The Morgan fingerprint density at radius 1 is 1.40 bits per heavy atom. The fraction of sp³-hybridized carbons (Fsp3) is 0.400. The van der Waals surface area contributed by atoms with Crippen LogP contribution in [0.25, 0.3) is 0 Å². The third-order valence-electron chi connectivity index (χ3n) is 2.94. The van der Waals surface area contributed by atoms with Gasteiger partial charge in [0.1, 0.15) is 12.4 Å². The average Bonchev–Trinajstić information content (AvgIpc) is 2.81. The number of hydrogen-bond donors (Lipinski definition) is 1. The van der Waals surface area contributed by atoms with Crippen molar-refractivity contribution in [3.63, 3.8) is 0 Å². The van der Waals surface area contributed by atoms with Crippen LogP contribution in [0.3, 0.4) is 0 Å². The first-order valence-corrected chi connectivity index (χ1v) is 7.53. The quantitative estimate of drug-likeness (QED) is 0.831. The van der Waals surface area contributed by atoms with E-state index in [0.29, 0.717) is 12.4 Å². The van der Waals surface area contributed by atoms with Crippen molar-refractivity contribution < 1.29 is 9.84 Å². The Balaban J connectivity index is 1.80. The molecule has 0 aliphatic heterocycles. The van der Waals surface area contributed by atoms with Crippen molar-refractivity contribution >= 4 is 11.8 Å². The van der Waals surface area contributed by atoms with Crippen LogP contribution in [0, 0.1) is 13.8 Å². The average molecular weight is 292 g/mol. The Morgan fingerprint density at radius 2 is 2.20 bits per heavy atom. The first-order valence-electron chi connectivity index (χ1n) is 6.54. The molecule has 0 amide bonds. The SMILES string of the molecule is Cc1ccc(OCC(O)CSc2nccn2C)c(C)c1. The van der Waals surface area contributed by atoms with Crippen LogP contribution in [0.2, 0.25) is 0 Å². The molecule has 1 N–H and O–H groups in total. The molecule has 4 nitrogen and oxygen atoms in total. The summed E-state index contributed by atoms with van der Waals surface area (Å²) in [6.07, 6.45) is 3.12. The van der Waals surface area contributed by atoms with Gasteiger partial charge in [-0.2, -0.15) is 0 Å². The van der Waals surface area contributed by atoms with E-state index in [9.17, 15) is 5.11 Å². The number of nitrogens with zero attached hydrogens (tertiary/aromatic N) is 2. The number of hydrogen-bond acceptors (Lipinski definition) is 4. The van der Waals surface area contributed by atoms with Crippen molar-refractivity contribution in [1.29, 1.82) is 0 Å². The molecule has 108 valence electrons. The summed E-state index contributed by atoms with van der Waals surface area (Å²) in [6.45, 7) is 4.35. The summed E-state index contributed by atoms with van der Waals surface area (Å²) in [5.41, 5.74) is 2.30. The Morgan fingerprint density at radius 3 is 2.85 bits per heavy atom. The van der Waals surface area contributed by atoms with Gasteiger partial charge < -0.3 is 14.4 Å². The minimum Gasteiger partial charge on any atom is -0.491 e. The molecule has 0 fully saturated rings. The van der Waals surface area contributed by atoms with Gasteiger partial charge in [-0.3, -0.25) is 0 Å². The van der Waals surface area contributed by atoms with E-state index in [4.69, 9.17) is 4.74 Å². The molecule has 20 heavy (non-hydrogen) atoms. The van der Waals surface area contributed by atoms with Gasteiger partial charge >= 0.3 is 0 Å². The molecule has 0 aliphatic rings. The normalized spacial score (nSPS) is 12.4. The number of aromatic nitrogens is 2. The van der Waals surface area contributed by atoms with Crippen molar-refractivity contribution in [3.05, 3.63) is 41.7 Å². The van der Waals surface area contributed by atoms with Crippen LogP contribution < -0.4 is 4.74 Å². The molecule has 1 unspecified atom stereocenters. The van der Waals surface area contributed by atoms with Gasteiger partial charge in [-0.25, -0.2) is 4.98 Å². The standard InChI is InChI=1S/C15H20N2O2S/c1-11-4-5-14(12(2)8-11)19-9-13(18)10-20-15-16-6-7-17(15)3/h4-8,13,18H,9-10H2,1-3H3. The second-order valence-electron chi connectivity index (χ2n) is 4.87. The van der Waals surface area contributed by atoms with Crippen molar-refractivity contribution in [2.75, 3.05) is 12.4 Å². The van der Waals surface area contributed by atoms with Gasteiger partial charge in [-0.15, -0.1) is 0 Å². The first kappa shape index (κ1) is 14.9. The van der Waals surface area contributed by atoms with E-state index in [1.807, 2.05) is 36.9 Å². The number of aliphatic hydroxyl groups is 1. The number of aryl methyl sites for hydroxylation is 3. The molecule has 0 radical (unpaired) electrons. The van der Waals surface area contributed by atoms with Crippen LogP contribution in [0.15, 0.2) is 35.7 Å². The van der Waals surface area contributed by atoms with Crippen molar-refractivity contribution in [2.24, 2.45) is 7.05 Å². The summed E-state index contributed by atoms with van der Waals surface area (Å²) in [7, 11) is 1.94. The summed E-state index contributed by atoms with van der Waals surface area (Å²) in [4.78, 5) is 4.20. The first-order chi connectivity index (χ1) is 9.56. The van der Waals surface area contributed by atoms with E-state index in [0.717, 1.165) is 16.5 Å². The summed E-state index contributed by atoms with van der Waals surface area (Å²) >= 11 is 1.53. The summed E-state index contributed by atoms with van der Waals surface area (Å²) in [6, 6.07) is 6.03. The van der Waals surface area contributed by atoms with Gasteiger partial charge in [0, 0.05) is 25.2 Å². The summed E-state index contributed by atoms with van der Waals surface area (Å²) < 4.78 is 7.60. The molecule has 0 saturated heterocycles. The Bertz CT molecular complexity index is 569. The lowest BCUT2D eigenvalue weighted by molar-refractivity contribution is 0.126. The topological polar surface area (TPSA) is 47.3 Å². The Kier molecular flexibility index (Phi) is 5.09. The van der Waals surface area contributed by atoms with Gasteiger partial charge in [0.15, 0.2) is 5.16 Å². The minimum absolute atomic E-state index is 0.293. The molecule has 2 rings (SSSR count). The lowest BCUT2D eigenvalue weighted by atomic mass is 10.1. The zero-order chi connectivity index (χ0) is 14.5. The van der Waals surface area contributed by atoms with E-state index in [2.05, 4.69) is 18.0 Å². The van der Waals surface area contributed by atoms with E-state index in [1.165, 1.54) is 17.3 Å². The fourth-order valence-electron chi connectivity index (χ4n) is 1.86. The van der Waals surface area contributed by atoms with Crippen LogP contribution in [0.1, 0.15) is 11.1 Å². The highest BCUT2D eigenvalue weighted by molar-refractivity contribution is 7.99. The monoisotopic (exact) mass is 292 g/mol. The molecule has 0 bridgehead atoms. The number of rotatable bonds is 6. The number of thioether (sulfide) groups is 1. The lowest BCUT2D eigenvalue weighted by Crippen LogP contribution is -2.20. The highest BCUT2D eigenvalue weighted by Gasteiger charge is 2.09. The number of aliphatic hydroxyl groups excluding tert-OH is 1. The zero-order valence-corrected chi connectivity index (χ0v) is 12.9. The Labute approximate surface area is 123 Å². The van der Waals surface area contributed by atoms with Crippen LogP contribution >= 0.6 is 11.8 Å². The number of imidazole rings is 1. The molecule has 5 heteroatoms. The lowest BCUT2D eigenvalue weighted by Gasteiger charge is -2.13. The molecular formula is C15H20N2O2S. The minimum atomic E-state index is -0.516. The maximum Gasteiger partial charge on any atom is 0.167 e. The zero-order valence-electron chi connectivity index (χ0n) is 12.0. The van der Waals surface area contributed by atoms with Crippen molar-refractivity contribution in [3.8, 4) is 5.75 Å². The fourth-order valence-corrected chi connectivity index (χ4v) is 2.69. The smallest absolute Gasteiger partial charge is 0.167 e. The predicted octanol–water partition coefficient (Wildman–Crippen LogP) is 2.57. The number of benzene rings is 1. The summed E-state index contributed by atoms with van der Waals surface area (Å²) in [5.74, 6) is 1.40. The van der Waals surface area contributed by atoms with E-state index in [1.54, 1.807) is 6.20 Å². The van der Waals surface area contributed by atoms with E-state index >= 15 is 0 Å². The third-order valence-corrected chi connectivity index (χ3v) is 4.15. The predicted molar refractivity (Wildman–Crippen MR) is 81.3 cm³/mol. The molecule has 0 aliphatic carbocycles. The highest BCUT2D eigenvalue weighted by Crippen LogP contribution is 2.20. The molecule has 0 saturated carbocycles. The van der Waals surface area contributed by atoms with Crippen LogP contribution in [-0.2, 0) is 7.05 Å². The molecule has 1 atom stereocenters. The van der Waals surface area contributed by atoms with Gasteiger partial charge in [-0.05, 0) is 25.5 Å². The molecular weight excluding hydrogens is 272 g/mol. The van der Waals surface area contributed by atoms with Crippen molar-refractivity contribution in [1.82, 2.24) is 9.55 Å². The van der Waals surface area contributed by atoms with E-state index in [-0.39, 0.29) is 0 Å². The van der Waals surface area contributed by atoms with Gasteiger partial charge in [-0.1, -0.05) is 29.5 Å². The molecule has 1 aromatic carbocycles. The molecule has 1 aromatic heterocycles. The molecule has 1 heterocycles. The van der Waals surface area contributed by atoms with E-state index < -0.39 is 6.10 Å². The highest BCUT2D eigenvalue weighted by atomic mass is 32.2.